The summed E-state index contributed by atoms with van der Waals surface area (Å²) in [4.78, 5) is 25.2. The lowest BCUT2D eigenvalue weighted by Crippen LogP contribution is -2.16. The minimum atomic E-state index is -0.432. The van der Waals surface area contributed by atoms with Crippen molar-refractivity contribution in [3.05, 3.63) is 35.0 Å². The van der Waals surface area contributed by atoms with Crippen LogP contribution >= 0.6 is 23.1 Å². The van der Waals surface area contributed by atoms with Crippen molar-refractivity contribution in [2.75, 3.05) is 17.7 Å². The van der Waals surface area contributed by atoms with E-state index in [0.717, 1.165) is 17.1 Å². The van der Waals surface area contributed by atoms with Gasteiger partial charge in [-0.2, -0.15) is 0 Å². The molecule has 0 bridgehead atoms. The number of thiophene rings is 1. The van der Waals surface area contributed by atoms with Crippen LogP contribution in [0.15, 0.2) is 23.9 Å². The molecule has 0 spiro atoms. The minimum Gasteiger partial charge on any atom is -0.462 e. The normalized spacial score (nSPS) is 10.6. The van der Waals surface area contributed by atoms with E-state index >= 15 is 0 Å². The number of allylic oxidation sites excluding steroid dienone is 1. The molecule has 2 aromatic heterocycles. The first-order valence-electron chi connectivity index (χ1n) is 8.23. The maximum Gasteiger partial charge on any atom is 0.341 e. The monoisotopic (exact) mass is 394 g/mol. The van der Waals surface area contributed by atoms with Crippen molar-refractivity contribution in [1.82, 2.24) is 14.8 Å². The second kappa shape index (κ2) is 9.54. The van der Waals surface area contributed by atoms with Gasteiger partial charge in [-0.05, 0) is 19.9 Å². The Hall–Kier alpha value is -2.13. The third kappa shape index (κ3) is 4.95. The molecule has 0 saturated heterocycles. The molecule has 0 radical (unpaired) electrons. The average Bonchev–Trinajstić information content (AvgIpc) is 3.16. The van der Waals surface area contributed by atoms with Crippen molar-refractivity contribution in [3.8, 4) is 0 Å². The molecule has 0 aliphatic carbocycles. The van der Waals surface area contributed by atoms with E-state index in [1.807, 2.05) is 18.4 Å². The van der Waals surface area contributed by atoms with E-state index in [2.05, 4.69) is 22.1 Å². The van der Waals surface area contributed by atoms with Crippen molar-refractivity contribution < 1.29 is 14.3 Å². The van der Waals surface area contributed by atoms with Crippen LogP contribution in [0.1, 0.15) is 34.9 Å². The Morgan fingerprint density at radius 1 is 1.42 bits per heavy atom. The number of hydrogen-bond donors (Lipinski definition) is 1. The van der Waals surface area contributed by atoms with E-state index in [4.69, 9.17) is 4.74 Å². The summed E-state index contributed by atoms with van der Waals surface area (Å²) < 4.78 is 6.97. The fraction of sp³-hybridized carbons (Fsp3) is 0.412. The van der Waals surface area contributed by atoms with Crippen LogP contribution in [0.3, 0.4) is 0 Å². The van der Waals surface area contributed by atoms with E-state index in [0.29, 0.717) is 22.3 Å². The highest BCUT2D eigenvalue weighted by atomic mass is 32.2. The number of carbonyl (C=O) groups is 2. The van der Waals surface area contributed by atoms with Crippen molar-refractivity contribution in [2.45, 2.75) is 38.9 Å². The van der Waals surface area contributed by atoms with Crippen LogP contribution in [0.4, 0.5) is 5.00 Å². The Morgan fingerprint density at radius 3 is 2.85 bits per heavy atom. The molecule has 2 rings (SSSR count). The summed E-state index contributed by atoms with van der Waals surface area (Å²) in [6, 6.07) is 1.72. The lowest BCUT2D eigenvalue weighted by atomic mass is 10.3. The molecular weight excluding hydrogens is 372 g/mol. The number of rotatable bonds is 9. The largest absolute Gasteiger partial charge is 0.462 e. The average molecular weight is 395 g/mol. The lowest BCUT2D eigenvalue weighted by Gasteiger charge is -2.07. The SMILES string of the molecule is C=CCn1c(CC)nnc1SCC(=O)Nc1sc(C)cc1C(=O)OCC. The number of esters is 1. The number of ether oxygens (including phenoxy) is 1. The molecule has 2 heterocycles. The fourth-order valence-electron chi connectivity index (χ4n) is 2.26. The van der Waals surface area contributed by atoms with E-state index in [9.17, 15) is 9.59 Å². The van der Waals surface area contributed by atoms with Crippen molar-refractivity contribution in [2.24, 2.45) is 0 Å². The topological polar surface area (TPSA) is 86.1 Å². The Balaban J connectivity index is 2.03. The molecule has 0 aromatic carbocycles. The quantitative estimate of drug-likeness (QED) is 0.399. The second-order valence-electron chi connectivity index (χ2n) is 5.31. The summed E-state index contributed by atoms with van der Waals surface area (Å²) in [5, 5.41) is 12.2. The molecule has 1 N–H and O–H groups in total. The van der Waals surface area contributed by atoms with E-state index in [-0.39, 0.29) is 18.3 Å². The molecule has 0 saturated carbocycles. The Bertz CT molecular complexity index is 798. The van der Waals surface area contributed by atoms with Crippen LogP contribution < -0.4 is 5.32 Å². The number of amides is 1. The number of hydrogen-bond acceptors (Lipinski definition) is 7. The van der Waals surface area contributed by atoms with Gasteiger partial charge in [0.2, 0.25) is 5.91 Å². The van der Waals surface area contributed by atoms with Gasteiger partial charge in [-0.3, -0.25) is 4.79 Å². The highest BCUT2D eigenvalue weighted by molar-refractivity contribution is 7.99. The summed E-state index contributed by atoms with van der Waals surface area (Å²) in [6.45, 7) is 10.2. The molecule has 0 aliphatic heterocycles. The molecule has 140 valence electrons. The molecule has 9 heteroatoms. The van der Waals surface area contributed by atoms with Crippen molar-refractivity contribution in [1.29, 1.82) is 0 Å². The zero-order chi connectivity index (χ0) is 19.1. The minimum absolute atomic E-state index is 0.165. The predicted octanol–water partition coefficient (Wildman–Crippen LogP) is 3.30. The van der Waals surface area contributed by atoms with Gasteiger partial charge >= 0.3 is 5.97 Å². The van der Waals surface area contributed by atoms with Gasteiger partial charge in [0.15, 0.2) is 5.16 Å². The highest BCUT2D eigenvalue weighted by Gasteiger charge is 2.19. The predicted molar refractivity (Wildman–Crippen MR) is 104 cm³/mol. The summed E-state index contributed by atoms with van der Waals surface area (Å²) in [7, 11) is 0. The first kappa shape index (κ1) is 20.2. The van der Waals surface area contributed by atoms with Crippen LogP contribution in [0.2, 0.25) is 0 Å². The molecule has 2 aromatic rings. The molecule has 0 fully saturated rings. The number of nitrogens with one attached hydrogen (secondary N) is 1. The number of thioether (sulfide) groups is 1. The van der Waals surface area contributed by atoms with Crippen LogP contribution in [0, 0.1) is 6.92 Å². The van der Waals surface area contributed by atoms with Gasteiger partial charge in [-0.1, -0.05) is 24.8 Å². The van der Waals surface area contributed by atoms with Gasteiger partial charge in [0.05, 0.1) is 17.9 Å². The molecule has 0 unspecified atom stereocenters. The molecule has 26 heavy (non-hydrogen) atoms. The van der Waals surface area contributed by atoms with Crippen LogP contribution in [-0.2, 0) is 22.5 Å². The smallest absolute Gasteiger partial charge is 0.341 e. The standard InChI is InChI=1S/C17H22N4O3S2/c1-5-8-21-13(6-2)19-20-17(21)25-10-14(22)18-15-12(9-11(4)26-15)16(23)24-7-3/h5,9H,1,6-8,10H2,2-4H3,(H,18,22). The summed E-state index contributed by atoms with van der Waals surface area (Å²) in [6.07, 6.45) is 2.53. The number of anilines is 1. The summed E-state index contributed by atoms with van der Waals surface area (Å²) in [5.41, 5.74) is 0.385. The lowest BCUT2D eigenvalue weighted by molar-refractivity contribution is -0.113. The first-order valence-corrected chi connectivity index (χ1v) is 10.0. The van der Waals surface area contributed by atoms with E-state index in [1.165, 1.54) is 23.1 Å². The third-order valence-corrected chi connectivity index (χ3v) is 5.29. The summed E-state index contributed by atoms with van der Waals surface area (Å²) >= 11 is 2.65. The van der Waals surface area contributed by atoms with E-state index in [1.54, 1.807) is 19.1 Å². The Kier molecular flexibility index (Phi) is 7.40. The Morgan fingerprint density at radius 2 is 2.19 bits per heavy atom. The molecule has 1 amide bonds. The van der Waals surface area contributed by atoms with Crippen LogP contribution in [0.5, 0.6) is 0 Å². The van der Waals surface area contributed by atoms with Gasteiger partial charge in [0, 0.05) is 17.8 Å². The first-order chi connectivity index (χ1) is 12.5. The van der Waals surface area contributed by atoms with Gasteiger partial charge in [-0.15, -0.1) is 28.1 Å². The van der Waals surface area contributed by atoms with Crippen LogP contribution in [0.25, 0.3) is 0 Å². The van der Waals surface area contributed by atoms with Gasteiger partial charge < -0.3 is 14.6 Å². The van der Waals surface area contributed by atoms with Gasteiger partial charge in [-0.25, -0.2) is 4.79 Å². The number of carbonyl (C=O) groups excluding carboxylic acids is 2. The zero-order valence-electron chi connectivity index (χ0n) is 15.1. The molecular formula is C17H22N4O3S2. The molecule has 0 atom stereocenters. The second-order valence-corrected chi connectivity index (χ2v) is 7.51. The maximum atomic E-state index is 12.3. The van der Waals surface area contributed by atoms with E-state index < -0.39 is 5.97 Å². The van der Waals surface area contributed by atoms with Gasteiger partial charge in [0.1, 0.15) is 10.8 Å². The zero-order valence-corrected chi connectivity index (χ0v) is 16.7. The van der Waals surface area contributed by atoms with Crippen molar-refractivity contribution >= 4 is 40.0 Å². The highest BCUT2D eigenvalue weighted by Crippen LogP contribution is 2.28. The number of nitrogens with zero attached hydrogens (tertiary/aromatic N) is 3. The fourth-order valence-corrected chi connectivity index (χ4v) is 3.94. The Labute approximate surface area is 160 Å². The third-order valence-electron chi connectivity index (χ3n) is 3.36. The molecule has 7 nitrogen and oxygen atoms in total. The number of aromatic nitrogens is 3. The van der Waals surface area contributed by atoms with Crippen molar-refractivity contribution in [3.63, 3.8) is 0 Å². The molecule has 0 aliphatic rings. The van der Waals surface area contributed by atoms with Crippen LogP contribution in [-0.4, -0.2) is 39.0 Å². The number of aryl methyl sites for hydroxylation is 2. The maximum absolute atomic E-state index is 12.3. The summed E-state index contributed by atoms with van der Waals surface area (Å²) in [5.74, 6) is 0.371. The van der Waals surface area contributed by atoms with Gasteiger partial charge in [0.25, 0.3) is 0 Å².